The third kappa shape index (κ3) is 4.63. The summed E-state index contributed by atoms with van der Waals surface area (Å²) < 4.78 is 5.15. The van der Waals surface area contributed by atoms with Gasteiger partial charge in [0.15, 0.2) is 5.76 Å². The summed E-state index contributed by atoms with van der Waals surface area (Å²) in [5.74, 6) is 0.390. The van der Waals surface area contributed by atoms with E-state index in [1.807, 2.05) is 29.2 Å². The normalized spacial score (nSPS) is 14.6. The number of carbonyl (C=O) groups is 2. The third-order valence-corrected chi connectivity index (χ3v) is 4.67. The van der Waals surface area contributed by atoms with Crippen molar-refractivity contribution in [2.75, 3.05) is 26.2 Å². The van der Waals surface area contributed by atoms with Crippen molar-refractivity contribution < 1.29 is 14.0 Å². The van der Waals surface area contributed by atoms with Crippen LogP contribution in [0.15, 0.2) is 47.1 Å². The minimum absolute atomic E-state index is 0.111. The fourth-order valence-corrected chi connectivity index (χ4v) is 3.09. The van der Waals surface area contributed by atoms with E-state index in [9.17, 15) is 9.59 Å². The topological polar surface area (TPSA) is 53.8 Å². The molecule has 1 aromatic carbocycles. The van der Waals surface area contributed by atoms with Crippen LogP contribution in [-0.4, -0.2) is 47.8 Å². The molecular weight excluding hydrogens is 340 g/mol. The second kappa shape index (κ2) is 8.21. The Balaban J connectivity index is 1.41. The number of halogens is 1. The van der Waals surface area contributed by atoms with Gasteiger partial charge in [-0.2, -0.15) is 0 Å². The first-order valence-corrected chi connectivity index (χ1v) is 8.86. The summed E-state index contributed by atoms with van der Waals surface area (Å²) in [6.07, 6.45) is 3.69. The van der Waals surface area contributed by atoms with Gasteiger partial charge in [0.05, 0.1) is 6.26 Å². The molecule has 1 fully saturated rings. The Bertz CT molecular complexity index is 705. The van der Waals surface area contributed by atoms with E-state index in [1.54, 1.807) is 17.0 Å². The van der Waals surface area contributed by atoms with Crippen LogP contribution in [0.4, 0.5) is 0 Å². The molecule has 1 saturated heterocycles. The molecule has 0 N–H and O–H groups in total. The maximum atomic E-state index is 12.3. The highest BCUT2D eigenvalue weighted by atomic mass is 35.5. The molecule has 2 amide bonds. The second-order valence-corrected chi connectivity index (χ2v) is 6.57. The monoisotopic (exact) mass is 360 g/mol. The number of aryl methyl sites for hydroxylation is 1. The van der Waals surface area contributed by atoms with Gasteiger partial charge >= 0.3 is 0 Å². The van der Waals surface area contributed by atoms with Crippen LogP contribution in [0, 0.1) is 0 Å². The van der Waals surface area contributed by atoms with Gasteiger partial charge < -0.3 is 14.2 Å². The van der Waals surface area contributed by atoms with Crippen LogP contribution in [0.3, 0.4) is 0 Å². The average molecular weight is 361 g/mol. The zero-order chi connectivity index (χ0) is 17.6. The van der Waals surface area contributed by atoms with Crippen molar-refractivity contribution >= 4 is 23.4 Å². The number of amides is 2. The predicted molar refractivity (Wildman–Crippen MR) is 95.6 cm³/mol. The molecule has 0 saturated carbocycles. The van der Waals surface area contributed by atoms with Crippen molar-refractivity contribution in [1.29, 1.82) is 0 Å². The second-order valence-electron chi connectivity index (χ2n) is 6.13. The lowest BCUT2D eigenvalue weighted by atomic mass is 10.1. The Kier molecular flexibility index (Phi) is 5.76. The van der Waals surface area contributed by atoms with E-state index in [4.69, 9.17) is 16.0 Å². The van der Waals surface area contributed by atoms with Gasteiger partial charge in [0.25, 0.3) is 5.91 Å². The number of nitrogens with zero attached hydrogens (tertiary/aromatic N) is 2. The Morgan fingerprint density at radius 3 is 2.32 bits per heavy atom. The van der Waals surface area contributed by atoms with E-state index in [1.165, 1.54) is 11.8 Å². The number of carbonyl (C=O) groups excluding carboxylic acids is 2. The SMILES string of the molecule is O=C(CCCc1ccc(Cl)cc1)N1CCN(C(=O)c2ccco2)CC1. The molecule has 1 aliphatic heterocycles. The first kappa shape index (κ1) is 17.5. The highest BCUT2D eigenvalue weighted by Gasteiger charge is 2.25. The molecule has 25 heavy (non-hydrogen) atoms. The Morgan fingerprint density at radius 1 is 1.00 bits per heavy atom. The quantitative estimate of drug-likeness (QED) is 0.822. The summed E-state index contributed by atoms with van der Waals surface area (Å²) in [5, 5.41) is 0.724. The van der Waals surface area contributed by atoms with Gasteiger partial charge in [0, 0.05) is 37.6 Å². The molecule has 0 aliphatic carbocycles. The molecule has 1 aromatic heterocycles. The Hall–Kier alpha value is -2.27. The zero-order valence-electron chi connectivity index (χ0n) is 14.0. The Morgan fingerprint density at radius 2 is 1.68 bits per heavy atom. The smallest absolute Gasteiger partial charge is 0.289 e. The number of piperazine rings is 1. The van der Waals surface area contributed by atoms with Gasteiger partial charge in [-0.25, -0.2) is 0 Å². The maximum Gasteiger partial charge on any atom is 0.289 e. The summed E-state index contributed by atoms with van der Waals surface area (Å²) in [6, 6.07) is 11.1. The van der Waals surface area contributed by atoms with Crippen molar-refractivity contribution in [2.45, 2.75) is 19.3 Å². The first-order valence-electron chi connectivity index (χ1n) is 8.48. The summed E-state index contributed by atoms with van der Waals surface area (Å²) in [6.45, 7) is 2.24. The molecule has 0 bridgehead atoms. The molecule has 0 atom stereocenters. The Labute approximate surface area is 152 Å². The van der Waals surface area contributed by atoms with Crippen LogP contribution in [0.1, 0.15) is 29.0 Å². The first-order chi connectivity index (χ1) is 12.1. The third-order valence-electron chi connectivity index (χ3n) is 4.42. The highest BCUT2D eigenvalue weighted by Crippen LogP contribution is 2.14. The fourth-order valence-electron chi connectivity index (χ4n) is 2.97. The molecule has 3 rings (SSSR count). The van der Waals surface area contributed by atoms with Crippen LogP contribution in [0.2, 0.25) is 5.02 Å². The van der Waals surface area contributed by atoms with Crippen LogP contribution >= 0.6 is 11.6 Å². The number of rotatable bonds is 5. The zero-order valence-corrected chi connectivity index (χ0v) is 14.7. The molecule has 132 valence electrons. The van der Waals surface area contributed by atoms with Gasteiger partial charge in [-0.3, -0.25) is 9.59 Å². The van der Waals surface area contributed by atoms with Crippen LogP contribution in [-0.2, 0) is 11.2 Å². The van der Waals surface area contributed by atoms with Crippen LogP contribution < -0.4 is 0 Å². The van der Waals surface area contributed by atoms with E-state index in [2.05, 4.69) is 0 Å². The minimum atomic E-state index is -0.111. The number of benzene rings is 1. The molecule has 0 spiro atoms. The van der Waals surface area contributed by atoms with Gasteiger partial charge in [-0.05, 0) is 42.7 Å². The van der Waals surface area contributed by atoms with E-state index in [0.717, 1.165) is 17.9 Å². The molecular formula is C19H21ClN2O3. The van der Waals surface area contributed by atoms with E-state index in [-0.39, 0.29) is 11.8 Å². The fraction of sp³-hybridized carbons (Fsp3) is 0.368. The summed E-state index contributed by atoms with van der Waals surface area (Å²) in [4.78, 5) is 28.1. The van der Waals surface area contributed by atoms with Crippen LogP contribution in [0.25, 0.3) is 0 Å². The average Bonchev–Trinajstić information content (AvgIpc) is 3.17. The van der Waals surface area contributed by atoms with Gasteiger partial charge in [0.2, 0.25) is 5.91 Å². The van der Waals surface area contributed by atoms with Gasteiger partial charge in [0.1, 0.15) is 0 Å². The number of hydrogen-bond acceptors (Lipinski definition) is 3. The molecule has 5 nitrogen and oxygen atoms in total. The molecule has 2 heterocycles. The molecule has 6 heteroatoms. The van der Waals surface area contributed by atoms with Crippen molar-refractivity contribution in [1.82, 2.24) is 9.80 Å². The van der Waals surface area contributed by atoms with Gasteiger partial charge in [-0.1, -0.05) is 23.7 Å². The maximum absolute atomic E-state index is 12.3. The number of furan rings is 1. The lowest BCUT2D eigenvalue weighted by Gasteiger charge is -2.34. The van der Waals surface area contributed by atoms with Crippen molar-refractivity contribution in [3.8, 4) is 0 Å². The van der Waals surface area contributed by atoms with E-state index in [0.29, 0.717) is 38.4 Å². The summed E-state index contributed by atoms with van der Waals surface area (Å²) in [5.41, 5.74) is 1.19. The van der Waals surface area contributed by atoms with Gasteiger partial charge in [-0.15, -0.1) is 0 Å². The summed E-state index contributed by atoms with van der Waals surface area (Å²) >= 11 is 5.87. The lowest BCUT2D eigenvalue weighted by Crippen LogP contribution is -2.50. The minimum Gasteiger partial charge on any atom is -0.459 e. The summed E-state index contributed by atoms with van der Waals surface area (Å²) in [7, 11) is 0. The number of hydrogen-bond donors (Lipinski definition) is 0. The largest absolute Gasteiger partial charge is 0.459 e. The molecule has 0 unspecified atom stereocenters. The predicted octanol–water partition coefficient (Wildman–Crippen LogP) is 3.24. The van der Waals surface area contributed by atoms with E-state index < -0.39 is 0 Å². The lowest BCUT2D eigenvalue weighted by molar-refractivity contribution is -0.132. The van der Waals surface area contributed by atoms with Crippen molar-refractivity contribution in [3.63, 3.8) is 0 Å². The van der Waals surface area contributed by atoms with Crippen molar-refractivity contribution in [3.05, 3.63) is 59.0 Å². The molecule has 2 aromatic rings. The molecule has 0 radical (unpaired) electrons. The van der Waals surface area contributed by atoms with E-state index >= 15 is 0 Å². The molecule has 1 aliphatic rings. The van der Waals surface area contributed by atoms with Crippen LogP contribution in [0.5, 0.6) is 0 Å². The standard InChI is InChI=1S/C19H21ClN2O3/c20-16-8-6-15(7-9-16)3-1-5-18(23)21-10-12-22(13-11-21)19(24)17-4-2-14-25-17/h2,4,6-9,14H,1,3,5,10-13H2. The highest BCUT2D eigenvalue weighted by molar-refractivity contribution is 6.30. The van der Waals surface area contributed by atoms with Crippen molar-refractivity contribution in [2.24, 2.45) is 0 Å².